The van der Waals surface area contributed by atoms with Crippen LogP contribution in [-0.4, -0.2) is 77.3 Å². The van der Waals surface area contributed by atoms with Crippen molar-refractivity contribution in [1.82, 2.24) is 39.0 Å². The molecule has 0 spiro atoms. The van der Waals surface area contributed by atoms with Crippen LogP contribution >= 0.6 is 173 Å². The monoisotopic (exact) mass is 1850 g/mol. The molecule has 30 heteroatoms. The molecule has 0 atom stereocenters. The van der Waals surface area contributed by atoms with Crippen molar-refractivity contribution in [2.45, 2.75) is 21.3 Å². The van der Waals surface area contributed by atoms with Crippen LogP contribution in [0.25, 0.3) is 22.9 Å². The second-order valence-corrected chi connectivity index (χ2v) is 25.2. The van der Waals surface area contributed by atoms with E-state index in [0.29, 0.717) is 45.0 Å². The summed E-state index contributed by atoms with van der Waals surface area (Å²) in [5.41, 5.74) is 20.0. The highest BCUT2D eigenvalue weighted by molar-refractivity contribution is 9.11. The van der Waals surface area contributed by atoms with Gasteiger partial charge in [0.15, 0.2) is 21.1 Å². The van der Waals surface area contributed by atoms with Gasteiger partial charge in [0, 0.05) is 87.5 Å². The summed E-state index contributed by atoms with van der Waals surface area (Å²) in [5, 5.41) is 17.1. The van der Waals surface area contributed by atoms with Gasteiger partial charge in [-0.3, -0.25) is 33.3 Å². The summed E-state index contributed by atoms with van der Waals surface area (Å²) in [5.74, 6) is 0.698. The number of fused-ring (bicyclic) bond motifs is 2. The van der Waals surface area contributed by atoms with Gasteiger partial charge in [-0.1, -0.05) is 154 Å². The minimum Gasteiger partial charge on any atom is -0.399 e. The van der Waals surface area contributed by atoms with Crippen molar-refractivity contribution in [3.8, 4) is 11.4 Å². The molecule has 18 nitrogen and oxygen atoms in total. The van der Waals surface area contributed by atoms with Crippen molar-refractivity contribution in [3.05, 3.63) is 282 Å². The maximum Gasteiger partial charge on any atom is 0.285 e. The predicted molar refractivity (Wildman–Crippen MR) is 439 cm³/mol. The molecule has 0 aliphatic rings. The number of ketones is 1. The van der Waals surface area contributed by atoms with E-state index in [4.69, 9.17) is 35.3 Å². The second kappa shape index (κ2) is 45.2. The Kier molecular flexibility index (Phi) is 39.1. The molecule has 0 fully saturated rings. The predicted octanol–water partition coefficient (Wildman–Crippen LogP) is 19.8. The number of halogens is 8. The van der Waals surface area contributed by atoms with E-state index in [-0.39, 0.29) is 69.2 Å². The van der Waals surface area contributed by atoms with Crippen LogP contribution in [0.5, 0.6) is 0 Å². The number of alkyl halides is 1. The number of thiocarbonyl (C=S) groups is 3. The zero-order valence-electron chi connectivity index (χ0n) is 50.7. The van der Waals surface area contributed by atoms with E-state index in [1.54, 1.807) is 113 Å². The van der Waals surface area contributed by atoms with E-state index in [0.717, 1.165) is 62.9 Å². The Hall–Kier alpha value is -7.48. The van der Waals surface area contributed by atoms with E-state index >= 15 is 0 Å². The first-order chi connectivity index (χ1) is 45.7. The molecule has 2 amide bonds. The number of imidazole rings is 2. The van der Waals surface area contributed by atoms with Gasteiger partial charge >= 0.3 is 0 Å². The van der Waals surface area contributed by atoms with Crippen LogP contribution in [0, 0.1) is 13.8 Å². The Labute approximate surface area is 654 Å². The highest BCUT2D eigenvalue weighted by atomic mass is 79.9. The summed E-state index contributed by atoms with van der Waals surface area (Å²) >= 11 is 37.3. The van der Waals surface area contributed by atoms with Crippen LogP contribution in [0.15, 0.2) is 253 Å². The Morgan fingerprint density at radius 1 is 0.592 bits per heavy atom. The van der Waals surface area contributed by atoms with Crippen molar-refractivity contribution in [3.63, 3.8) is 0 Å². The van der Waals surface area contributed by atoms with E-state index in [2.05, 4.69) is 155 Å². The number of carbonyl (C=O) groups excluding carboxylic acids is 4. The van der Waals surface area contributed by atoms with Crippen molar-refractivity contribution in [1.29, 1.82) is 0 Å². The SMILES string of the molecule is Br.Br.C.Cc1nc2ncccn2c1-c1csc(Nc2ccc(Br)cc2)n1.Cc1nc2ncccn2c1C(=O)CBr.NC(=S)Nc1ccc(Br)cc1.Nc1ccc(Br)cc1.O=C(Cl)c1ccccc1.O=C(N=C=S)c1ccccc1.O=C(NC(=S)Nc1ccc(Br)cc1)c1ccccc1. The molecule has 12 rings (SSSR count). The number of nitrogen functional groups attached to an aromatic ring is 1. The molecule has 0 radical (unpaired) electrons. The molecular weight excluding hydrogens is 1800 g/mol. The lowest BCUT2D eigenvalue weighted by molar-refractivity contribution is 0.0974. The second-order valence-electron chi connectivity index (χ2n) is 18.7. The van der Waals surface area contributed by atoms with Crippen molar-refractivity contribution < 1.29 is 19.2 Å². The van der Waals surface area contributed by atoms with E-state index in [1.807, 2.05) is 156 Å². The highest BCUT2D eigenvalue weighted by Gasteiger charge is 2.17. The first kappa shape index (κ1) is 84.7. The molecular formula is C68H60Br7ClN14O4S4. The molecule has 506 valence electrons. The number of aliphatic imine (C=N–C) groups is 1. The van der Waals surface area contributed by atoms with E-state index in [1.165, 1.54) is 0 Å². The number of anilines is 5. The molecule has 5 aromatic heterocycles. The van der Waals surface area contributed by atoms with Gasteiger partial charge in [0.1, 0.15) is 11.4 Å². The van der Waals surface area contributed by atoms with Crippen LogP contribution in [0.4, 0.5) is 27.9 Å². The maximum absolute atomic E-state index is 11.9. The number of nitrogens with zero attached hydrogens (tertiary/aromatic N) is 8. The molecule has 8 N–H and O–H groups in total. The molecule has 7 aromatic carbocycles. The zero-order valence-corrected chi connectivity index (χ0v) is 66.1. The fraction of sp³-hybridized carbons (Fsp3) is 0.0588. The van der Waals surface area contributed by atoms with Gasteiger partial charge in [0.05, 0.1) is 27.6 Å². The fourth-order valence-corrected chi connectivity index (χ4v) is 10.2. The van der Waals surface area contributed by atoms with Crippen molar-refractivity contribution in [2.75, 3.05) is 27.0 Å². The number of Topliss-reactive ketones (excluding diaryl/α,β-unsaturated/α-hetero) is 1. The number of carbonyl (C=O) groups is 4. The zero-order chi connectivity index (χ0) is 68.7. The van der Waals surface area contributed by atoms with Crippen LogP contribution in [0.3, 0.4) is 0 Å². The van der Waals surface area contributed by atoms with Gasteiger partial charge in [-0.15, -0.1) is 45.3 Å². The molecule has 5 heterocycles. The summed E-state index contributed by atoms with van der Waals surface area (Å²) in [4.78, 5) is 69.8. The quantitative estimate of drug-likeness (QED) is 0.0186. The van der Waals surface area contributed by atoms with E-state index < -0.39 is 5.24 Å². The fourth-order valence-electron chi connectivity index (χ4n) is 7.65. The number of amides is 2. The molecule has 98 heavy (non-hydrogen) atoms. The van der Waals surface area contributed by atoms with Gasteiger partial charge in [-0.25, -0.2) is 24.9 Å². The molecule has 0 bridgehead atoms. The number of thiazole rings is 1. The molecule has 0 aliphatic heterocycles. The summed E-state index contributed by atoms with van der Waals surface area (Å²) in [7, 11) is 0. The number of hydrogen-bond donors (Lipinski definition) is 6. The Morgan fingerprint density at radius 2 is 1.03 bits per heavy atom. The summed E-state index contributed by atoms with van der Waals surface area (Å²) in [6, 6.07) is 60.7. The Balaban J connectivity index is 0.000000305. The lowest BCUT2D eigenvalue weighted by atomic mass is 10.2. The number of nitrogens with one attached hydrogen (secondary N) is 4. The number of isothiocyanates is 1. The van der Waals surface area contributed by atoms with Crippen LogP contribution in [-0.2, 0) is 0 Å². The molecule has 0 aliphatic carbocycles. The number of hydrogen-bond acceptors (Lipinski definition) is 15. The van der Waals surface area contributed by atoms with Crippen molar-refractivity contribution in [2.24, 2.45) is 10.7 Å². The number of rotatable bonds is 10. The molecule has 0 unspecified atom stereocenters. The summed E-state index contributed by atoms with van der Waals surface area (Å²) < 4.78 is 7.80. The number of nitrogens with two attached hydrogens (primary N) is 2. The maximum atomic E-state index is 11.9. The number of aryl methyl sites for hydroxylation is 2. The molecule has 0 saturated heterocycles. The minimum absolute atomic E-state index is 0. The molecule has 12 aromatic rings. The Morgan fingerprint density at radius 3 is 1.49 bits per heavy atom. The lowest BCUT2D eigenvalue weighted by Crippen LogP contribution is -2.34. The first-order valence-corrected chi connectivity index (χ1v) is 34.3. The Bertz CT molecular complexity index is 4520. The number of aromatic nitrogens is 7. The van der Waals surface area contributed by atoms with E-state index in [9.17, 15) is 19.2 Å². The largest absolute Gasteiger partial charge is 0.399 e. The van der Waals surface area contributed by atoms with Crippen molar-refractivity contribution >= 4 is 251 Å². The van der Waals surface area contributed by atoms with Gasteiger partial charge < -0.3 is 27.4 Å². The van der Waals surface area contributed by atoms with Crippen LogP contribution < -0.4 is 32.7 Å². The normalized spacial score (nSPS) is 9.55. The third-order valence-electron chi connectivity index (χ3n) is 11.9. The van der Waals surface area contributed by atoms with Crippen LogP contribution in [0.1, 0.15) is 60.4 Å². The van der Waals surface area contributed by atoms with Gasteiger partial charge in [0.25, 0.3) is 17.1 Å². The third-order valence-corrected chi connectivity index (χ3v) is 15.9. The molecule has 0 saturated carbocycles. The number of benzene rings is 7. The summed E-state index contributed by atoms with van der Waals surface area (Å²) in [6.45, 7) is 3.79. The highest BCUT2D eigenvalue weighted by Crippen LogP contribution is 2.30. The smallest absolute Gasteiger partial charge is 0.285 e. The van der Waals surface area contributed by atoms with Gasteiger partial charge in [-0.05, 0) is 196 Å². The lowest BCUT2D eigenvalue weighted by Gasteiger charge is -2.09. The van der Waals surface area contributed by atoms with Gasteiger partial charge in [-0.2, -0.15) is 4.99 Å². The third kappa shape index (κ3) is 29.1. The van der Waals surface area contributed by atoms with Gasteiger partial charge in [0.2, 0.25) is 11.6 Å². The standard InChI is InChI=1S/C16H12BrN5S.C14H11BrN2OS.C9H8BrN3O.C8H5NOS.C7H7BrN2S.C7H5ClO.C6H6BrN.CH4.2BrH/c1-10-14(22-8-2-7-18-15(22)19-10)13-9-23-16(21-13)20-12-5-3-11(17)4-6-12;15-11-6-8-12(9-7-11)16-14(19)17-13(18)10-4-2-1-3-5-10;1-6-8(7(14)5-10)13-4-2-3-11-9(13)12-6;10-8(9-6-11)7-4-2-1-3-5-7;8-5-1-3-6(4-2-5)10-7(9)11;8-7(9)6-4-2-1-3-5-6;7-5-1-3-6(8)4-2-5;;;/h2-9H,1H3,(H,20,21);1-9H,(H2,16,17,18,19);2-4H,5H2,1H3;1-5H;1-4H,(H3,9,10,11);1-5H;1-4H,8H2;1H4;2*1H. The first-order valence-electron chi connectivity index (χ1n) is 27.6. The van der Waals surface area contributed by atoms with Crippen LogP contribution in [0.2, 0.25) is 0 Å². The summed E-state index contributed by atoms with van der Waals surface area (Å²) in [6.07, 6.45) is 7.15. The average molecular weight is 1860 g/mol. The minimum atomic E-state index is -0.407. The topological polar surface area (TPSA) is 254 Å². The average Bonchev–Trinajstić information content (AvgIpc) is 1.65.